The van der Waals surface area contributed by atoms with Gasteiger partial charge in [-0.2, -0.15) is 0 Å². The number of amides is 2. The summed E-state index contributed by atoms with van der Waals surface area (Å²) in [5, 5.41) is 0. The topological polar surface area (TPSA) is 71.5 Å². The van der Waals surface area contributed by atoms with Crippen molar-refractivity contribution in [2.75, 3.05) is 0 Å². The van der Waals surface area contributed by atoms with E-state index in [4.69, 9.17) is 0 Å². The maximum Gasteiger partial charge on any atom is 0.253 e. The van der Waals surface area contributed by atoms with Crippen molar-refractivity contribution >= 4 is 23.4 Å². The van der Waals surface area contributed by atoms with Gasteiger partial charge in [0.1, 0.15) is 5.78 Å². The Balaban J connectivity index is -0.000000166. The third kappa shape index (κ3) is 27.7. The van der Waals surface area contributed by atoms with E-state index in [9.17, 15) is 19.2 Å². The quantitative estimate of drug-likeness (QED) is 0.245. The van der Waals surface area contributed by atoms with Crippen LogP contribution in [0, 0.1) is 23.7 Å². The van der Waals surface area contributed by atoms with Gasteiger partial charge in [0.15, 0.2) is 5.78 Å². The van der Waals surface area contributed by atoms with Crippen LogP contribution in [0.4, 0.5) is 0 Å². The highest BCUT2D eigenvalue weighted by atomic mass is 16.2. The van der Waals surface area contributed by atoms with E-state index in [-0.39, 0.29) is 35.5 Å². The van der Waals surface area contributed by atoms with E-state index in [1.807, 2.05) is 54.5 Å². The third-order valence-corrected chi connectivity index (χ3v) is 3.59. The number of carbonyl (C=O) groups excluding carboxylic acids is 4. The van der Waals surface area contributed by atoms with E-state index in [0.29, 0.717) is 18.1 Å². The summed E-state index contributed by atoms with van der Waals surface area (Å²) in [6.07, 6.45) is 6.53. The maximum absolute atomic E-state index is 10.8. The second-order valence-electron chi connectivity index (χ2n) is 9.42. The molecule has 0 aliphatic carbocycles. The maximum atomic E-state index is 10.8. The van der Waals surface area contributed by atoms with Crippen molar-refractivity contribution in [3.8, 4) is 0 Å². The van der Waals surface area contributed by atoms with Gasteiger partial charge in [-0.25, -0.2) is 0 Å². The third-order valence-electron chi connectivity index (χ3n) is 3.59. The molecule has 0 aromatic carbocycles. The molecule has 0 saturated carbocycles. The van der Waals surface area contributed by atoms with Crippen molar-refractivity contribution in [2.45, 2.75) is 95.5 Å². The van der Waals surface area contributed by atoms with Crippen LogP contribution in [-0.2, 0) is 19.2 Å². The van der Waals surface area contributed by atoms with Gasteiger partial charge in [0.25, 0.3) is 11.8 Å². The van der Waals surface area contributed by atoms with E-state index >= 15 is 0 Å². The fourth-order valence-corrected chi connectivity index (χ4v) is 1.56. The zero-order valence-electron chi connectivity index (χ0n) is 23.4. The molecule has 0 radical (unpaired) electrons. The molecule has 0 atom stereocenters. The van der Waals surface area contributed by atoms with E-state index in [1.54, 1.807) is 0 Å². The van der Waals surface area contributed by atoms with E-state index in [0.717, 1.165) is 5.92 Å². The number of rotatable bonds is 6. The zero-order chi connectivity index (χ0) is 27.3. The Kier molecular flexibility index (Phi) is 26.3. The number of hydrogen-bond donors (Lipinski definition) is 0. The lowest BCUT2D eigenvalue weighted by molar-refractivity contribution is -0.138. The number of ketones is 2. The monoisotopic (exact) mass is 465 g/mol. The first kappa shape index (κ1) is 38.0. The summed E-state index contributed by atoms with van der Waals surface area (Å²) >= 11 is 0. The molecule has 0 spiro atoms. The van der Waals surface area contributed by atoms with Gasteiger partial charge in [-0.1, -0.05) is 81.9 Å². The van der Waals surface area contributed by atoms with Gasteiger partial charge >= 0.3 is 0 Å². The van der Waals surface area contributed by atoms with E-state index in [1.165, 1.54) is 23.1 Å². The van der Waals surface area contributed by atoms with Gasteiger partial charge < -0.3 is 0 Å². The molecule has 0 fully saturated rings. The Bertz CT molecular complexity index is 591. The molecule has 192 valence electrons. The smallest absolute Gasteiger partial charge is 0.253 e. The first-order chi connectivity index (χ1) is 15.0. The molecule has 5 heteroatoms. The number of hydrogen-bond acceptors (Lipinski definition) is 4. The minimum Gasteiger partial charge on any atom is -0.299 e. The van der Waals surface area contributed by atoms with E-state index in [2.05, 4.69) is 47.8 Å². The Labute approximate surface area is 204 Å². The first-order valence-electron chi connectivity index (χ1n) is 11.9. The predicted octanol–water partition coefficient (Wildman–Crippen LogP) is 6.83. The van der Waals surface area contributed by atoms with Gasteiger partial charge in [0.2, 0.25) is 0 Å². The van der Waals surface area contributed by atoms with Gasteiger partial charge in [0, 0.05) is 36.5 Å². The summed E-state index contributed by atoms with van der Waals surface area (Å²) in [4.78, 5) is 43.8. The van der Waals surface area contributed by atoms with Crippen LogP contribution in [0.25, 0.3) is 0 Å². The number of imide groups is 1. The minimum absolute atomic E-state index is 0.0324. The van der Waals surface area contributed by atoms with Crippen LogP contribution in [0.5, 0.6) is 0 Å². The Morgan fingerprint density at radius 1 is 0.818 bits per heavy atom. The highest BCUT2D eigenvalue weighted by Crippen LogP contribution is 2.07. The molecular formula is C28H51NO4. The fraction of sp³-hybridized carbons (Fsp3) is 0.643. The van der Waals surface area contributed by atoms with Crippen molar-refractivity contribution in [3.05, 3.63) is 37.5 Å². The molecule has 33 heavy (non-hydrogen) atoms. The van der Waals surface area contributed by atoms with Crippen LogP contribution >= 0.6 is 0 Å². The van der Waals surface area contributed by atoms with Crippen molar-refractivity contribution in [1.29, 1.82) is 0 Å². The first-order valence-corrected chi connectivity index (χ1v) is 11.9. The summed E-state index contributed by atoms with van der Waals surface area (Å²) < 4.78 is 0. The van der Waals surface area contributed by atoms with Gasteiger partial charge in [-0.15, -0.1) is 6.58 Å². The van der Waals surface area contributed by atoms with Crippen LogP contribution in [0.15, 0.2) is 37.5 Å². The molecule has 5 nitrogen and oxygen atoms in total. The van der Waals surface area contributed by atoms with E-state index < -0.39 is 0 Å². The van der Waals surface area contributed by atoms with Crippen LogP contribution < -0.4 is 0 Å². The molecule has 1 aliphatic rings. The highest BCUT2D eigenvalue weighted by Gasteiger charge is 2.25. The normalized spacial score (nSPS) is 11.7. The summed E-state index contributed by atoms with van der Waals surface area (Å²) in [5.41, 5.74) is 0. The van der Waals surface area contributed by atoms with Crippen LogP contribution in [-0.4, -0.2) is 34.3 Å². The highest BCUT2D eigenvalue weighted by molar-refractivity contribution is 6.13. The lowest BCUT2D eigenvalue weighted by atomic mass is 10.1. The number of allylic oxidation sites excluding steroid dienone is 2. The number of carbonyl (C=O) groups is 4. The second kappa shape index (κ2) is 22.9. The van der Waals surface area contributed by atoms with Gasteiger partial charge in [-0.3, -0.25) is 24.1 Å². The summed E-state index contributed by atoms with van der Waals surface area (Å²) in [6.45, 7) is 30.7. The van der Waals surface area contributed by atoms with Crippen molar-refractivity contribution < 1.29 is 19.2 Å². The molecule has 0 N–H and O–H groups in total. The fourth-order valence-electron chi connectivity index (χ4n) is 1.56. The number of Topliss-reactive ketones (excluding diaryl/α,β-unsaturated/α-hetero) is 1. The molecule has 0 unspecified atom stereocenters. The Morgan fingerprint density at radius 2 is 1.15 bits per heavy atom. The number of nitrogens with zero attached hydrogens (tertiary/aromatic N) is 1. The molecule has 0 aromatic heterocycles. The van der Waals surface area contributed by atoms with Gasteiger partial charge in [-0.05, 0) is 31.8 Å². The molecular weight excluding hydrogens is 414 g/mol. The molecule has 1 aliphatic heterocycles. The van der Waals surface area contributed by atoms with Crippen molar-refractivity contribution in [3.63, 3.8) is 0 Å². The Hall–Kier alpha value is -2.30. The van der Waals surface area contributed by atoms with Crippen LogP contribution in [0.3, 0.4) is 0 Å². The van der Waals surface area contributed by atoms with Crippen LogP contribution in [0.1, 0.15) is 89.5 Å². The van der Waals surface area contributed by atoms with Crippen molar-refractivity contribution in [1.82, 2.24) is 4.90 Å². The van der Waals surface area contributed by atoms with Crippen LogP contribution in [0.2, 0.25) is 0 Å². The predicted molar refractivity (Wildman–Crippen MR) is 142 cm³/mol. The van der Waals surface area contributed by atoms with Gasteiger partial charge in [0.05, 0.1) is 0 Å². The average Bonchev–Trinajstić information content (AvgIpc) is 3.05. The summed E-state index contributed by atoms with van der Waals surface area (Å²) in [7, 11) is 0. The molecule has 1 rings (SSSR count). The standard InChI is InChI=1S/C7H9NO2.C6H12O.C6H10O.C5H10.C4H10/c1-5(2)8-6(9)3-4-7(8)10;2*1-4-6(7)5(2)3;1-4-5(2)3;1-4(2)3/h3-5H,1-2H3;5H,4H2,1-3H3;4-5H,1H2,2-3H3;4-5H,1H2,2-3H3;4H,1-3H3. The zero-order valence-corrected chi connectivity index (χ0v) is 23.4. The largest absolute Gasteiger partial charge is 0.299 e. The summed E-state index contributed by atoms with van der Waals surface area (Å²) in [6, 6.07) is -0.0324. The minimum atomic E-state index is -0.208. The summed E-state index contributed by atoms with van der Waals surface area (Å²) in [5.74, 6) is 1.86. The Morgan fingerprint density at radius 3 is 1.21 bits per heavy atom. The second-order valence-corrected chi connectivity index (χ2v) is 9.42. The molecule has 0 saturated heterocycles. The van der Waals surface area contributed by atoms with Crippen molar-refractivity contribution in [2.24, 2.45) is 23.7 Å². The average molecular weight is 466 g/mol. The SMILES string of the molecule is C=CC(=O)C(C)C.C=CC(C)C.CC(C)C.CC(C)N1C(=O)C=CC1=O.CCC(=O)C(C)C. The lowest BCUT2D eigenvalue weighted by Crippen LogP contribution is -2.36. The molecule has 1 heterocycles. The molecule has 0 bridgehead atoms. The lowest BCUT2D eigenvalue weighted by Gasteiger charge is -2.17. The molecule has 0 aromatic rings. The molecule has 2 amide bonds.